The third kappa shape index (κ3) is 3.11. The molecule has 0 spiro atoms. The fourth-order valence-electron chi connectivity index (χ4n) is 2.54. The zero-order valence-electron chi connectivity index (χ0n) is 11.3. The zero-order valence-corrected chi connectivity index (χ0v) is 12.1. The van der Waals surface area contributed by atoms with Crippen molar-refractivity contribution in [3.05, 3.63) is 46.5 Å². The molecule has 0 aromatic carbocycles. The summed E-state index contributed by atoms with van der Waals surface area (Å²) in [5.74, 6) is 0.0798. The van der Waals surface area contributed by atoms with Gasteiger partial charge in [0, 0.05) is 32.7 Å². The second kappa shape index (κ2) is 6.24. The van der Waals surface area contributed by atoms with Gasteiger partial charge in [0.2, 0.25) is 0 Å². The van der Waals surface area contributed by atoms with Crippen LogP contribution in [0.4, 0.5) is 0 Å². The zero-order chi connectivity index (χ0) is 13.8. The maximum Gasteiger partial charge on any atom is 0.257 e. The van der Waals surface area contributed by atoms with Gasteiger partial charge >= 0.3 is 0 Å². The van der Waals surface area contributed by atoms with Crippen molar-refractivity contribution in [2.75, 3.05) is 26.2 Å². The van der Waals surface area contributed by atoms with Crippen LogP contribution in [0.15, 0.2) is 39.8 Å². The summed E-state index contributed by atoms with van der Waals surface area (Å²) in [5, 5.41) is 4.31. The summed E-state index contributed by atoms with van der Waals surface area (Å²) in [4.78, 5) is 16.6. The quantitative estimate of drug-likeness (QED) is 0.872. The highest BCUT2D eigenvalue weighted by Gasteiger charge is 2.20. The van der Waals surface area contributed by atoms with E-state index in [2.05, 4.69) is 21.7 Å². The van der Waals surface area contributed by atoms with Gasteiger partial charge in [0.05, 0.1) is 11.8 Å². The van der Waals surface area contributed by atoms with Crippen LogP contribution in [0.3, 0.4) is 0 Å². The molecule has 0 saturated carbocycles. The van der Waals surface area contributed by atoms with Crippen LogP contribution in [0.1, 0.15) is 22.3 Å². The van der Waals surface area contributed by atoms with Gasteiger partial charge in [0.25, 0.3) is 5.91 Å². The fraction of sp³-hybridized carbons (Fsp3) is 0.400. The predicted octanol–water partition coefficient (Wildman–Crippen LogP) is 2.69. The molecule has 0 N–H and O–H groups in total. The van der Waals surface area contributed by atoms with Gasteiger partial charge in [-0.25, -0.2) is 0 Å². The molecule has 1 aliphatic rings. The maximum absolute atomic E-state index is 12.3. The van der Waals surface area contributed by atoms with Gasteiger partial charge in [-0.2, -0.15) is 11.3 Å². The smallest absolute Gasteiger partial charge is 0.257 e. The Morgan fingerprint density at radius 3 is 2.95 bits per heavy atom. The number of nitrogens with zero attached hydrogens (tertiary/aromatic N) is 2. The number of furan rings is 1. The Hall–Kier alpha value is -1.59. The van der Waals surface area contributed by atoms with Crippen LogP contribution in [0, 0.1) is 0 Å². The van der Waals surface area contributed by atoms with E-state index < -0.39 is 0 Å². The number of hydrogen-bond donors (Lipinski definition) is 0. The molecule has 20 heavy (non-hydrogen) atoms. The summed E-state index contributed by atoms with van der Waals surface area (Å²) in [6.07, 6.45) is 4.10. The van der Waals surface area contributed by atoms with Gasteiger partial charge in [-0.1, -0.05) is 0 Å². The van der Waals surface area contributed by atoms with E-state index >= 15 is 0 Å². The fourth-order valence-corrected chi connectivity index (χ4v) is 3.20. The molecule has 0 unspecified atom stereocenters. The van der Waals surface area contributed by atoms with E-state index in [1.165, 1.54) is 11.8 Å². The van der Waals surface area contributed by atoms with Crippen molar-refractivity contribution >= 4 is 17.2 Å². The molecule has 4 nitrogen and oxygen atoms in total. The summed E-state index contributed by atoms with van der Waals surface area (Å²) in [7, 11) is 0. The molecular formula is C15H18N2O2S. The first kappa shape index (κ1) is 13.4. The SMILES string of the molecule is O=C(c1ccoc1)N1CCCN(Cc2ccsc2)CC1. The average molecular weight is 290 g/mol. The Bertz CT molecular complexity index is 536. The molecule has 106 valence electrons. The first-order valence-electron chi connectivity index (χ1n) is 6.88. The van der Waals surface area contributed by atoms with Gasteiger partial charge in [-0.05, 0) is 34.9 Å². The minimum Gasteiger partial charge on any atom is -0.472 e. The minimum atomic E-state index is 0.0798. The van der Waals surface area contributed by atoms with Gasteiger partial charge in [0.1, 0.15) is 6.26 Å². The van der Waals surface area contributed by atoms with Crippen molar-refractivity contribution in [2.45, 2.75) is 13.0 Å². The van der Waals surface area contributed by atoms with Crippen LogP contribution in [0.25, 0.3) is 0 Å². The van der Waals surface area contributed by atoms with Crippen molar-refractivity contribution in [3.8, 4) is 0 Å². The van der Waals surface area contributed by atoms with Crippen LogP contribution in [0.2, 0.25) is 0 Å². The molecule has 5 heteroatoms. The van der Waals surface area contributed by atoms with Crippen molar-refractivity contribution < 1.29 is 9.21 Å². The third-order valence-corrected chi connectivity index (χ3v) is 4.36. The van der Waals surface area contributed by atoms with Crippen molar-refractivity contribution in [1.82, 2.24) is 9.80 Å². The number of carbonyl (C=O) groups is 1. The summed E-state index contributed by atoms with van der Waals surface area (Å²) >= 11 is 1.74. The molecule has 1 amide bonds. The summed E-state index contributed by atoms with van der Waals surface area (Å²) in [5.41, 5.74) is 2.01. The lowest BCUT2D eigenvalue weighted by atomic mass is 10.3. The number of hydrogen-bond acceptors (Lipinski definition) is 4. The Labute approximate surface area is 122 Å². The van der Waals surface area contributed by atoms with Crippen LogP contribution in [-0.2, 0) is 6.54 Å². The third-order valence-electron chi connectivity index (χ3n) is 3.63. The van der Waals surface area contributed by atoms with E-state index in [1.807, 2.05) is 4.90 Å². The molecule has 2 aromatic heterocycles. The lowest BCUT2D eigenvalue weighted by molar-refractivity contribution is 0.0760. The first-order chi connectivity index (χ1) is 9.83. The molecule has 1 aliphatic heterocycles. The molecule has 1 fully saturated rings. The van der Waals surface area contributed by atoms with Crippen LogP contribution in [-0.4, -0.2) is 41.9 Å². The molecule has 3 rings (SSSR count). The van der Waals surface area contributed by atoms with E-state index in [4.69, 9.17) is 4.42 Å². The second-order valence-corrected chi connectivity index (χ2v) is 5.85. The highest BCUT2D eigenvalue weighted by atomic mass is 32.1. The normalized spacial score (nSPS) is 17.1. The Morgan fingerprint density at radius 2 is 2.20 bits per heavy atom. The number of carbonyl (C=O) groups excluding carboxylic acids is 1. The summed E-state index contributed by atoms with van der Waals surface area (Å²) in [6.45, 7) is 4.57. The van der Waals surface area contributed by atoms with Gasteiger partial charge in [-0.3, -0.25) is 9.69 Å². The largest absolute Gasteiger partial charge is 0.472 e. The van der Waals surface area contributed by atoms with Crippen molar-refractivity contribution in [2.24, 2.45) is 0 Å². The molecule has 0 bridgehead atoms. The highest BCUT2D eigenvalue weighted by molar-refractivity contribution is 7.07. The Kier molecular flexibility index (Phi) is 4.18. The van der Waals surface area contributed by atoms with Crippen LogP contribution >= 0.6 is 11.3 Å². The van der Waals surface area contributed by atoms with E-state index in [0.29, 0.717) is 5.56 Å². The molecule has 0 radical (unpaired) electrons. The van der Waals surface area contributed by atoms with Crippen LogP contribution < -0.4 is 0 Å². The monoisotopic (exact) mass is 290 g/mol. The summed E-state index contributed by atoms with van der Waals surface area (Å²) in [6, 6.07) is 3.90. The van der Waals surface area contributed by atoms with Gasteiger partial charge in [-0.15, -0.1) is 0 Å². The van der Waals surface area contributed by atoms with Crippen LogP contribution in [0.5, 0.6) is 0 Å². The number of thiophene rings is 1. The van der Waals surface area contributed by atoms with Gasteiger partial charge in [0.15, 0.2) is 0 Å². The maximum atomic E-state index is 12.3. The first-order valence-corrected chi connectivity index (χ1v) is 7.82. The minimum absolute atomic E-state index is 0.0798. The highest BCUT2D eigenvalue weighted by Crippen LogP contribution is 2.13. The summed E-state index contributed by atoms with van der Waals surface area (Å²) < 4.78 is 4.99. The average Bonchev–Trinajstić information content (AvgIpc) is 3.10. The van der Waals surface area contributed by atoms with E-state index in [-0.39, 0.29) is 5.91 Å². The van der Waals surface area contributed by atoms with E-state index in [1.54, 1.807) is 23.7 Å². The molecular weight excluding hydrogens is 272 g/mol. The second-order valence-electron chi connectivity index (χ2n) is 5.07. The molecule has 0 atom stereocenters. The van der Waals surface area contributed by atoms with Crippen molar-refractivity contribution in [3.63, 3.8) is 0 Å². The predicted molar refractivity (Wildman–Crippen MR) is 78.8 cm³/mol. The standard InChI is InChI=1S/C15H18N2O2S/c18-15(14-2-8-19-11-14)17-5-1-4-16(6-7-17)10-13-3-9-20-12-13/h2-3,8-9,11-12H,1,4-7,10H2. The molecule has 1 saturated heterocycles. The number of rotatable bonds is 3. The van der Waals surface area contributed by atoms with Gasteiger partial charge < -0.3 is 9.32 Å². The van der Waals surface area contributed by atoms with Crippen molar-refractivity contribution in [1.29, 1.82) is 0 Å². The molecule has 0 aliphatic carbocycles. The Balaban J connectivity index is 1.58. The molecule has 2 aromatic rings. The lowest BCUT2D eigenvalue weighted by Gasteiger charge is -2.21. The molecule has 3 heterocycles. The topological polar surface area (TPSA) is 36.7 Å². The van der Waals surface area contributed by atoms with E-state index in [0.717, 1.165) is 39.1 Å². The lowest BCUT2D eigenvalue weighted by Crippen LogP contribution is -2.34. The Morgan fingerprint density at radius 1 is 1.25 bits per heavy atom. The van der Waals surface area contributed by atoms with E-state index in [9.17, 15) is 4.79 Å². The number of amides is 1.